The van der Waals surface area contributed by atoms with Crippen LogP contribution in [0.25, 0.3) is 0 Å². The van der Waals surface area contributed by atoms with Gasteiger partial charge in [-0.3, -0.25) is 14.4 Å². The van der Waals surface area contributed by atoms with Gasteiger partial charge < -0.3 is 19.3 Å². The summed E-state index contributed by atoms with van der Waals surface area (Å²) in [5.41, 5.74) is 0. The van der Waals surface area contributed by atoms with Crippen LogP contribution in [0.3, 0.4) is 0 Å². The molecule has 7 heteroatoms. The molecule has 0 rings (SSSR count). The summed E-state index contributed by atoms with van der Waals surface area (Å²) < 4.78 is 11.2. The molecule has 0 spiro atoms. The standard InChI is InChI=1S/C53H104N2O5/c1-8-13-17-19-28-35-46-59-51(56)42-33-26-22-20-24-31-40-50(55(45-36-44-54(6)7)53(58)49(12-5)39-29-15-10-3)41-32-25-21-23-27-34-43-52(57)60-47-48(37-16-11-4)38-30-18-14-9-2/h48-50H,8-47H2,1-7H3. The number of hydrogen-bond donors (Lipinski definition) is 0. The van der Waals surface area contributed by atoms with Crippen molar-refractivity contribution in [1.82, 2.24) is 9.80 Å². The highest BCUT2D eigenvalue weighted by molar-refractivity contribution is 5.79. The highest BCUT2D eigenvalue weighted by atomic mass is 16.5. The lowest BCUT2D eigenvalue weighted by atomic mass is 9.93. The topological polar surface area (TPSA) is 76.2 Å². The third kappa shape index (κ3) is 35.9. The summed E-state index contributed by atoms with van der Waals surface area (Å²) in [6, 6.07) is 0.309. The molecule has 0 aliphatic rings. The van der Waals surface area contributed by atoms with Gasteiger partial charge in [0.25, 0.3) is 0 Å². The van der Waals surface area contributed by atoms with Crippen molar-refractivity contribution in [3.05, 3.63) is 0 Å². The number of rotatable bonds is 46. The van der Waals surface area contributed by atoms with Gasteiger partial charge in [-0.2, -0.15) is 0 Å². The molecule has 0 saturated carbocycles. The van der Waals surface area contributed by atoms with Crippen LogP contribution in [0.4, 0.5) is 0 Å². The van der Waals surface area contributed by atoms with E-state index in [1.807, 2.05) is 0 Å². The fourth-order valence-electron chi connectivity index (χ4n) is 8.66. The zero-order valence-corrected chi connectivity index (χ0v) is 41.5. The monoisotopic (exact) mass is 849 g/mol. The quantitative estimate of drug-likeness (QED) is 0.0449. The number of carbonyl (C=O) groups excluding carboxylic acids is 3. The predicted octanol–water partition coefficient (Wildman–Crippen LogP) is 15.2. The fourth-order valence-corrected chi connectivity index (χ4v) is 8.66. The van der Waals surface area contributed by atoms with Gasteiger partial charge >= 0.3 is 11.9 Å². The Balaban J connectivity index is 4.96. The van der Waals surface area contributed by atoms with E-state index in [-0.39, 0.29) is 17.9 Å². The first-order valence-corrected chi connectivity index (χ1v) is 26.5. The van der Waals surface area contributed by atoms with E-state index in [2.05, 4.69) is 58.5 Å². The van der Waals surface area contributed by atoms with Gasteiger partial charge in [-0.1, -0.05) is 189 Å². The molecule has 0 heterocycles. The molecule has 0 saturated heterocycles. The number of ether oxygens (including phenoxy) is 2. The van der Waals surface area contributed by atoms with Gasteiger partial charge in [0.2, 0.25) is 5.91 Å². The van der Waals surface area contributed by atoms with Crippen LogP contribution in [-0.2, 0) is 23.9 Å². The lowest BCUT2D eigenvalue weighted by Crippen LogP contribution is -2.45. The van der Waals surface area contributed by atoms with Gasteiger partial charge in [0.05, 0.1) is 13.2 Å². The molecular formula is C53H104N2O5. The normalized spacial score (nSPS) is 13.1. The van der Waals surface area contributed by atoms with Crippen molar-refractivity contribution in [3.63, 3.8) is 0 Å². The van der Waals surface area contributed by atoms with Crippen molar-refractivity contribution >= 4 is 17.8 Å². The van der Waals surface area contributed by atoms with Crippen molar-refractivity contribution < 1.29 is 23.9 Å². The molecule has 0 radical (unpaired) electrons. The first-order valence-electron chi connectivity index (χ1n) is 26.5. The predicted molar refractivity (Wildman–Crippen MR) is 258 cm³/mol. The van der Waals surface area contributed by atoms with E-state index in [0.29, 0.717) is 43.9 Å². The van der Waals surface area contributed by atoms with Crippen LogP contribution in [0.2, 0.25) is 0 Å². The molecule has 0 N–H and O–H groups in total. The van der Waals surface area contributed by atoms with Crippen molar-refractivity contribution in [2.45, 2.75) is 272 Å². The van der Waals surface area contributed by atoms with Crippen LogP contribution >= 0.6 is 0 Å². The Morgan fingerprint density at radius 3 is 1.42 bits per heavy atom. The van der Waals surface area contributed by atoms with Crippen molar-refractivity contribution in [1.29, 1.82) is 0 Å². The summed E-state index contributed by atoms with van der Waals surface area (Å²) in [7, 11) is 4.26. The number of carbonyl (C=O) groups is 3. The first kappa shape index (κ1) is 58.4. The molecule has 0 aromatic rings. The van der Waals surface area contributed by atoms with Crippen LogP contribution in [0.15, 0.2) is 0 Å². The maximum Gasteiger partial charge on any atom is 0.305 e. The zero-order chi connectivity index (χ0) is 44.3. The molecular weight excluding hydrogens is 745 g/mol. The lowest BCUT2D eigenvalue weighted by Gasteiger charge is -2.35. The summed E-state index contributed by atoms with van der Waals surface area (Å²) in [6.45, 7) is 14.2. The molecule has 1 amide bonds. The van der Waals surface area contributed by atoms with Gasteiger partial charge in [0.1, 0.15) is 0 Å². The zero-order valence-electron chi connectivity index (χ0n) is 41.5. The highest BCUT2D eigenvalue weighted by Gasteiger charge is 2.28. The van der Waals surface area contributed by atoms with Gasteiger partial charge in [-0.25, -0.2) is 0 Å². The summed E-state index contributed by atoms with van der Waals surface area (Å²) in [4.78, 5) is 43.6. The second-order valence-corrected chi connectivity index (χ2v) is 18.8. The average Bonchev–Trinajstić information content (AvgIpc) is 3.23. The molecule has 0 fully saturated rings. The molecule has 0 aromatic heterocycles. The Morgan fingerprint density at radius 2 is 0.867 bits per heavy atom. The molecule has 0 aliphatic carbocycles. The first-order chi connectivity index (χ1) is 29.2. The third-order valence-electron chi connectivity index (χ3n) is 12.7. The molecule has 7 nitrogen and oxygen atoms in total. The largest absolute Gasteiger partial charge is 0.466 e. The second kappa shape index (κ2) is 44.0. The van der Waals surface area contributed by atoms with Crippen molar-refractivity contribution in [2.75, 3.05) is 40.4 Å². The van der Waals surface area contributed by atoms with E-state index in [1.54, 1.807) is 0 Å². The van der Waals surface area contributed by atoms with E-state index in [1.165, 1.54) is 116 Å². The van der Waals surface area contributed by atoms with Gasteiger partial charge in [0.15, 0.2) is 0 Å². The fraction of sp³-hybridized carbons (Fsp3) is 0.943. The lowest BCUT2D eigenvalue weighted by molar-refractivity contribution is -0.145. The Labute approximate surface area is 374 Å². The Morgan fingerprint density at radius 1 is 0.433 bits per heavy atom. The van der Waals surface area contributed by atoms with Crippen LogP contribution in [0.1, 0.15) is 266 Å². The molecule has 3 unspecified atom stereocenters. The summed E-state index contributed by atoms with van der Waals surface area (Å²) >= 11 is 0. The maximum absolute atomic E-state index is 14.3. The van der Waals surface area contributed by atoms with Crippen LogP contribution in [0, 0.1) is 11.8 Å². The number of unbranched alkanes of at least 4 members (excludes halogenated alkanes) is 21. The van der Waals surface area contributed by atoms with Gasteiger partial charge in [0, 0.05) is 31.3 Å². The summed E-state index contributed by atoms with van der Waals surface area (Å²) in [5.74, 6) is 1.03. The van der Waals surface area contributed by atoms with E-state index in [0.717, 1.165) is 116 Å². The van der Waals surface area contributed by atoms with Crippen LogP contribution in [-0.4, -0.2) is 74.1 Å². The van der Waals surface area contributed by atoms with Gasteiger partial charge in [-0.15, -0.1) is 0 Å². The van der Waals surface area contributed by atoms with E-state index in [9.17, 15) is 14.4 Å². The van der Waals surface area contributed by atoms with Crippen LogP contribution in [0.5, 0.6) is 0 Å². The smallest absolute Gasteiger partial charge is 0.305 e. The second-order valence-electron chi connectivity index (χ2n) is 18.8. The number of esters is 2. The highest BCUT2D eigenvalue weighted by Crippen LogP contribution is 2.25. The minimum atomic E-state index is -0.0277. The van der Waals surface area contributed by atoms with Gasteiger partial charge in [-0.05, 0) is 90.8 Å². The molecule has 60 heavy (non-hydrogen) atoms. The van der Waals surface area contributed by atoms with E-state index < -0.39 is 0 Å². The number of hydrogen-bond acceptors (Lipinski definition) is 6. The molecule has 0 bridgehead atoms. The van der Waals surface area contributed by atoms with E-state index in [4.69, 9.17) is 9.47 Å². The van der Waals surface area contributed by atoms with Crippen molar-refractivity contribution in [3.8, 4) is 0 Å². The maximum atomic E-state index is 14.3. The third-order valence-corrected chi connectivity index (χ3v) is 12.7. The molecule has 356 valence electrons. The molecule has 3 atom stereocenters. The Bertz CT molecular complexity index is 958. The number of amides is 1. The minimum absolute atomic E-state index is 0.00853. The summed E-state index contributed by atoms with van der Waals surface area (Å²) in [5, 5.41) is 0. The van der Waals surface area contributed by atoms with Crippen molar-refractivity contribution in [2.24, 2.45) is 11.8 Å². The van der Waals surface area contributed by atoms with E-state index >= 15 is 0 Å². The Hall–Kier alpha value is -1.63. The molecule has 0 aliphatic heterocycles. The summed E-state index contributed by atoms with van der Waals surface area (Å²) in [6.07, 6.45) is 40.3. The Kier molecular flexibility index (Phi) is 42.8. The van der Waals surface area contributed by atoms with Crippen LogP contribution < -0.4 is 0 Å². The minimum Gasteiger partial charge on any atom is -0.466 e. The number of nitrogens with zero attached hydrogens (tertiary/aromatic N) is 2. The molecule has 0 aromatic carbocycles. The SMILES string of the molecule is CCCCCCCCOC(=O)CCCCCCCCC(CCCCCCCCC(=O)OCC(CCCC)CCCCCC)N(CCCN(C)C)C(=O)C(CC)CCCCC. The average molecular weight is 849 g/mol.